The molecule has 27 heavy (non-hydrogen) atoms. The van der Waals surface area contributed by atoms with Crippen LogP contribution in [0.15, 0.2) is 28.9 Å². The van der Waals surface area contributed by atoms with E-state index in [1.54, 1.807) is 25.6 Å². The topological polar surface area (TPSA) is 71.7 Å². The molecule has 4 rings (SSSR count). The lowest BCUT2D eigenvalue weighted by Gasteiger charge is -2.31. The minimum atomic E-state index is -0.0451. The molecule has 2 aromatic heterocycles. The summed E-state index contributed by atoms with van der Waals surface area (Å²) in [6, 6.07) is 5.66. The number of rotatable bonds is 5. The Morgan fingerprint density at radius 3 is 2.70 bits per heavy atom. The van der Waals surface area contributed by atoms with Crippen molar-refractivity contribution in [2.75, 3.05) is 38.2 Å². The number of ether oxygens (including phenoxy) is 1. The van der Waals surface area contributed by atoms with Crippen LogP contribution in [0, 0.1) is 0 Å². The van der Waals surface area contributed by atoms with Gasteiger partial charge < -0.3 is 19.0 Å². The van der Waals surface area contributed by atoms with Crippen molar-refractivity contribution in [1.82, 2.24) is 14.9 Å². The minimum Gasteiger partial charge on any atom is -0.453 e. The average molecular weight is 370 g/mol. The fraction of sp³-hybridized carbons (Fsp3) is 0.550. The monoisotopic (exact) mass is 370 g/mol. The number of likely N-dealkylation sites (tertiary alicyclic amines) is 1. The third-order valence-electron chi connectivity index (χ3n) is 5.46. The number of aromatic nitrogens is 2. The third kappa shape index (κ3) is 3.98. The Kier molecular flexibility index (Phi) is 5.38. The molecule has 0 N–H and O–H groups in total. The largest absolute Gasteiger partial charge is 0.453 e. The first kappa shape index (κ1) is 18.0. The van der Waals surface area contributed by atoms with E-state index in [0.717, 1.165) is 37.4 Å². The molecule has 0 bridgehead atoms. The van der Waals surface area contributed by atoms with Gasteiger partial charge in [-0.15, -0.1) is 0 Å². The molecular weight excluding hydrogens is 344 g/mol. The molecule has 0 unspecified atom stereocenters. The van der Waals surface area contributed by atoms with Gasteiger partial charge in [-0.3, -0.25) is 4.79 Å². The molecule has 7 heteroatoms. The summed E-state index contributed by atoms with van der Waals surface area (Å²) in [6.45, 7) is 3.97. The van der Waals surface area contributed by atoms with E-state index >= 15 is 0 Å². The van der Waals surface area contributed by atoms with E-state index in [1.165, 1.54) is 12.8 Å². The molecule has 0 atom stereocenters. The standard InChI is InChI=1S/C20H26N4O3/c1-26-13-16-4-5-18(27-16)20(25)24-10-6-15(7-11-24)17-12-19(22-14-21-17)23-8-2-3-9-23/h4-5,12,14-15H,2-3,6-11,13H2,1H3. The maximum absolute atomic E-state index is 12.6. The third-order valence-corrected chi connectivity index (χ3v) is 5.46. The molecule has 1 amide bonds. The van der Waals surface area contributed by atoms with Crippen molar-refractivity contribution in [2.45, 2.75) is 38.2 Å². The Morgan fingerprint density at radius 2 is 1.96 bits per heavy atom. The molecule has 2 aliphatic heterocycles. The number of piperidine rings is 1. The Hall–Kier alpha value is -2.41. The molecule has 0 spiro atoms. The van der Waals surface area contributed by atoms with Gasteiger partial charge in [0.05, 0.1) is 0 Å². The van der Waals surface area contributed by atoms with E-state index in [1.807, 2.05) is 4.90 Å². The number of carbonyl (C=O) groups excluding carboxylic acids is 1. The van der Waals surface area contributed by atoms with Crippen molar-refractivity contribution < 1.29 is 13.9 Å². The number of hydrogen-bond acceptors (Lipinski definition) is 6. The second kappa shape index (κ2) is 8.08. The minimum absolute atomic E-state index is 0.0451. The predicted molar refractivity (Wildman–Crippen MR) is 101 cm³/mol. The van der Waals surface area contributed by atoms with Gasteiger partial charge in [-0.2, -0.15) is 0 Å². The molecule has 0 radical (unpaired) electrons. The number of nitrogens with zero attached hydrogens (tertiary/aromatic N) is 4. The maximum atomic E-state index is 12.6. The van der Waals surface area contributed by atoms with Gasteiger partial charge in [0.25, 0.3) is 5.91 Å². The summed E-state index contributed by atoms with van der Waals surface area (Å²) in [7, 11) is 1.61. The van der Waals surface area contributed by atoms with E-state index in [9.17, 15) is 4.79 Å². The van der Waals surface area contributed by atoms with Gasteiger partial charge in [0.2, 0.25) is 0 Å². The maximum Gasteiger partial charge on any atom is 0.289 e. The van der Waals surface area contributed by atoms with Gasteiger partial charge >= 0.3 is 0 Å². The highest BCUT2D eigenvalue weighted by Gasteiger charge is 2.27. The molecule has 2 aromatic rings. The van der Waals surface area contributed by atoms with Crippen molar-refractivity contribution >= 4 is 11.7 Å². The van der Waals surface area contributed by atoms with Crippen molar-refractivity contribution in [3.05, 3.63) is 41.7 Å². The van der Waals surface area contributed by atoms with E-state index in [2.05, 4.69) is 20.9 Å². The lowest BCUT2D eigenvalue weighted by Crippen LogP contribution is -2.38. The van der Waals surface area contributed by atoms with Crippen LogP contribution in [0.5, 0.6) is 0 Å². The lowest BCUT2D eigenvalue weighted by molar-refractivity contribution is 0.0672. The zero-order valence-electron chi connectivity index (χ0n) is 15.8. The predicted octanol–water partition coefficient (Wildman–Crippen LogP) is 2.84. The van der Waals surface area contributed by atoms with E-state index < -0.39 is 0 Å². The molecule has 2 saturated heterocycles. The van der Waals surface area contributed by atoms with E-state index in [-0.39, 0.29) is 5.91 Å². The number of furan rings is 1. The molecule has 144 valence electrons. The fourth-order valence-corrected chi connectivity index (χ4v) is 3.95. The van der Waals surface area contributed by atoms with Crippen molar-refractivity contribution in [3.8, 4) is 0 Å². The first-order chi connectivity index (χ1) is 13.2. The summed E-state index contributed by atoms with van der Waals surface area (Å²) in [5.74, 6) is 2.43. The van der Waals surface area contributed by atoms with Crippen LogP contribution in [0.4, 0.5) is 5.82 Å². The quantitative estimate of drug-likeness (QED) is 0.806. The zero-order valence-corrected chi connectivity index (χ0v) is 15.8. The molecule has 7 nitrogen and oxygen atoms in total. The molecule has 2 fully saturated rings. The molecule has 4 heterocycles. The first-order valence-electron chi connectivity index (χ1n) is 9.68. The van der Waals surface area contributed by atoms with Gasteiger partial charge in [-0.25, -0.2) is 9.97 Å². The van der Waals surface area contributed by atoms with Crippen LogP contribution < -0.4 is 4.90 Å². The number of hydrogen-bond donors (Lipinski definition) is 0. The van der Waals surface area contributed by atoms with E-state index in [4.69, 9.17) is 9.15 Å². The Morgan fingerprint density at radius 1 is 1.19 bits per heavy atom. The highest BCUT2D eigenvalue weighted by Crippen LogP contribution is 2.29. The van der Waals surface area contributed by atoms with Crippen LogP contribution in [0.25, 0.3) is 0 Å². The smallest absolute Gasteiger partial charge is 0.289 e. The second-order valence-corrected chi connectivity index (χ2v) is 7.26. The van der Waals surface area contributed by atoms with Crippen LogP contribution in [-0.4, -0.2) is 54.1 Å². The zero-order chi connectivity index (χ0) is 18.6. The Balaban J connectivity index is 1.37. The van der Waals surface area contributed by atoms with Crippen LogP contribution in [0.3, 0.4) is 0 Å². The Labute approximate surface area is 159 Å². The van der Waals surface area contributed by atoms with Gasteiger partial charge in [-0.1, -0.05) is 0 Å². The van der Waals surface area contributed by atoms with Gasteiger partial charge in [0, 0.05) is 51.0 Å². The molecule has 0 aromatic carbocycles. The lowest BCUT2D eigenvalue weighted by atomic mass is 9.93. The van der Waals surface area contributed by atoms with Gasteiger partial charge in [0.1, 0.15) is 24.5 Å². The molecule has 2 aliphatic rings. The summed E-state index contributed by atoms with van der Waals surface area (Å²) in [5, 5.41) is 0. The highest BCUT2D eigenvalue weighted by molar-refractivity contribution is 5.91. The summed E-state index contributed by atoms with van der Waals surface area (Å²) in [4.78, 5) is 25.8. The first-order valence-corrected chi connectivity index (χ1v) is 9.68. The highest BCUT2D eigenvalue weighted by atomic mass is 16.5. The fourth-order valence-electron chi connectivity index (χ4n) is 3.95. The number of amides is 1. The van der Waals surface area contributed by atoms with Crippen molar-refractivity contribution in [1.29, 1.82) is 0 Å². The van der Waals surface area contributed by atoms with Crippen LogP contribution in [0.2, 0.25) is 0 Å². The summed E-state index contributed by atoms with van der Waals surface area (Å²) in [5.41, 5.74) is 1.10. The Bertz CT molecular complexity index is 777. The van der Waals surface area contributed by atoms with Crippen molar-refractivity contribution in [2.24, 2.45) is 0 Å². The normalized spacial score (nSPS) is 18.3. The van der Waals surface area contributed by atoms with Crippen molar-refractivity contribution in [3.63, 3.8) is 0 Å². The van der Waals surface area contributed by atoms with Crippen LogP contribution in [0.1, 0.15) is 53.6 Å². The molecule has 0 saturated carbocycles. The van der Waals surface area contributed by atoms with Gasteiger partial charge in [-0.05, 0) is 37.8 Å². The summed E-state index contributed by atoms with van der Waals surface area (Å²) < 4.78 is 10.6. The average Bonchev–Trinajstić information content (AvgIpc) is 3.40. The summed E-state index contributed by atoms with van der Waals surface area (Å²) in [6.07, 6.45) is 5.97. The number of carbonyl (C=O) groups is 1. The van der Waals surface area contributed by atoms with Crippen LogP contribution >= 0.6 is 0 Å². The SMILES string of the molecule is COCc1ccc(C(=O)N2CCC(c3cc(N4CCCC4)ncn3)CC2)o1. The number of anilines is 1. The second-order valence-electron chi connectivity index (χ2n) is 7.26. The number of methoxy groups -OCH3 is 1. The van der Waals surface area contributed by atoms with Gasteiger partial charge in [0.15, 0.2) is 5.76 Å². The summed E-state index contributed by atoms with van der Waals surface area (Å²) >= 11 is 0. The molecule has 0 aliphatic carbocycles. The van der Waals surface area contributed by atoms with E-state index in [0.29, 0.717) is 37.1 Å². The van der Waals surface area contributed by atoms with Crippen LogP contribution in [-0.2, 0) is 11.3 Å². The molecular formula is C20H26N4O3.